The molecule has 0 aromatic carbocycles. The van der Waals surface area contributed by atoms with Crippen molar-refractivity contribution in [2.75, 3.05) is 0 Å². The number of hydrogen-bond acceptors (Lipinski definition) is 3. The van der Waals surface area contributed by atoms with Gasteiger partial charge in [-0.1, -0.05) is 6.07 Å². The molecule has 2 heterocycles. The van der Waals surface area contributed by atoms with Crippen LogP contribution in [0.5, 0.6) is 0 Å². The van der Waals surface area contributed by atoms with Crippen molar-refractivity contribution in [3.8, 4) is 10.6 Å². The van der Waals surface area contributed by atoms with E-state index in [1.807, 2.05) is 13.1 Å². The van der Waals surface area contributed by atoms with E-state index in [1.54, 1.807) is 11.3 Å². The predicted octanol–water partition coefficient (Wildman–Crippen LogP) is 1.92. The van der Waals surface area contributed by atoms with Crippen molar-refractivity contribution in [3.63, 3.8) is 0 Å². The first-order valence-electron chi connectivity index (χ1n) is 4.50. The van der Waals surface area contributed by atoms with Gasteiger partial charge in [0.05, 0.1) is 11.4 Å². The molecule has 0 aliphatic rings. The molecule has 0 unspecified atom stereocenters. The molecule has 0 atom stereocenters. The number of thiophene rings is 1. The second-order valence-corrected chi connectivity index (χ2v) is 4.15. The molecule has 0 amide bonds. The van der Waals surface area contributed by atoms with Gasteiger partial charge in [-0.15, -0.1) is 11.3 Å². The van der Waals surface area contributed by atoms with Crippen molar-refractivity contribution in [1.29, 1.82) is 0 Å². The largest absolute Gasteiger partial charge is 0.334 e. The zero-order valence-electron chi connectivity index (χ0n) is 8.32. The zero-order chi connectivity index (χ0) is 10.1. The summed E-state index contributed by atoms with van der Waals surface area (Å²) in [6, 6.07) is 4.12. The highest BCUT2D eigenvalue weighted by molar-refractivity contribution is 7.13. The molecular formula is C10H13N3S. The number of imidazole rings is 1. The van der Waals surface area contributed by atoms with Crippen molar-refractivity contribution >= 4 is 11.3 Å². The molecule has 0 spiro atoms. The Morgan fingerprint density at radius 2 is 2.36 bits per heavy atom. The van der Waals surface area contributed by atoms with Crippen LogP contribution in [0.3, 0.4) is 0 Å². The first-order valence-corrected chi connectivity index (χ1v) is 5.38. The molecule has 0 bridgehead atoms. The number of nitrogens with zero attached hydrogens (tertiary/aromatic N) is 2. The summed E-state index contributed by atoms with van der Waals surface area (Å²) < 4.78 is 2.05. The second kappa shape index (κ2) is 3.55. The molecule has 0 fully saturated rings. The average molecular weight is 207 g/mol. The quantitative estimate of drug-likeness (QED) is 0.817. The minimum Gasteiger partial charge on any atom is -0.334 e. The molecule has 0 aliphatic heterocycles. The van der Waals surface area contributed by atoms with Crippen molar-refractivity contribution in [3.05, 3.63) is 29.0 Å². The number of hydrogen-bond donors (Lipinski definition) is 1. The molecule has 74 valence electrons. The van der Waals surface area contributed by atoms with E-state index in [2.05, 4.69) is 27.9 Å². The van der Waals surface area contributed by atoms with Gasteiger partial charge in [-0.2, -0.15) is 0 Å². The third-order valence-corrected chi connectivity index (χ3v) is 3.29. The molecular weight excluding hydrogens is 194 g/mol. The van der Waals surface area contributed by atoms with Crippen LogP contribution in [-0.4, -0.2) is 9.55 Å². The summed E-state index contributed by atoms with van der Waals surface area (Å²) in [5.41, 5.74) is 7.84. The average Bonchev–Trinajstić information content (AvgIpc) is 2.78. The molecule has 0 radical (unpaired) electrons. The van der Waals surface area contributed by atoms with E-state index in [1.165, 1.54) is 10.6 Å². The van der Waals surface area contributed by atoms with Crippen LogP contribution in [-0.2, 0) is 13.6 Å². The third kappa shape index (κ3) is 1.36. The summed E-state index contributed by atoms with van der Waals surface area (Å²) in [6.07, 6.45) is 0. The van der Waals surface area contributed by atoms with Crippen LogP contribution in [0.1, 0.15) is 11.5 Å². The smallest absolute Gasteiger partial charge is 0.123 e. The maximum absolute atomic E-state index is 5.61. The maximum Gasteiger partial charge on any atom is 0.123 e. The Morgan fingerprint density at radius 3 is 2.86 bits per heavy atom. The fourth-order valence-electron chi connectivity index (χ4n) is 1.47. The zero-order valence-corrected chi connectivity index (χ0v) is 9.14. The van der Waals surface area contributed by atoms with Crippen LogP contribution in [0.4, 0.5) is 0 Å². The van der Waals surface area contributed by atoms with Gasteiger partial charge < -0.3 is 10.3 Å². The summed E-state index contributed by atoms with van der Waals surface area (Å²) in [6.45, 7) is 2.56. The van der Waals surface area contributed by atoms with Gasteiger partial charge in [0.2, 0.25) is 0 Å². The Kier molecular flexibility index (Phi) is 2.39. The molecule has 0 saturated heterocycles. The summed E-state index contributed by atoms with van der Waals surface area (Å²) in [4.78, 5) is 5.72. The van der Waals surface area contributed by atoms with Gasteiger partial charge in [-0.25, -0.2) is 4.98 Å². The minimum absolute atomic E-state index is 0.489. The Bertz CT molecular complexity index is 428. The van der Waals surface area contributed by atoms with Crippen LogP contribution in [0, 0.1) is 6.92 Å². The number of nitrogens with two attached hydrogens (primary N) is 1. The highest BCUT2D eigenvalue weighted by Gasteiger charge is 2.11. The van der Waals surface area contributed by atoms with E-state index in [0.717, 1.165) is 11.5 Å². The summed E-state index contributed by atoms with van der Waals surface area (Å²) in [5.74, 6) is 0.936. The van der Waals surface area contributed by atoms with Gasteiger partial charge >= 0.3 is 0 Å². The molecule has 2 N–H and O–H groups in total. The van der Waals surface area contributed by atoms with E-state index in [0.29, 0.717) is 6.54 Å². The standard InChI is InChI=1S/C10H13N3S/c1-7-10(8-4-3-5-14-8)12-9(6-11)13(7)2/h3-5H,6,11H2,1-2H3. The minimum atomic E-state index is 0.489. The lowest BCUT2D eigenvalue weighted by molar-refractivity contribution is 0.774. The Hall–Kier alpha value is -1.13. The lowest BCUT2D eigenvalue weighted by Crippen LogP contribution is -2.05. The number of aromatic nitrogens is 2. The van der Waals surface area contributed by atoms with Crippen LogP contribution in [0.15, 0.2) is 17.5 Å². The van der Waals surface area contributed by atoms with Gasteiger partial charge in [-0.05, 0) is 18.4 Å². The van der Waals surface area contributed by atoms with Gasteiger partial charge in [0.15, 0.2) is 0 Å². The highest BCUT2D eigenvalue weighted by Crippen LogP contribution is 2.26. The molecule has 4 heteroatoms. The first kappa shape index (κ1) is 9.43. The van der Waals surface area contributed by atoms with Crippen molar-refractivity contribution < 1.29 is 0 Å². The number of rotatable bonds is 2. The van der Waals surface area contributed by atoms with E-state index in [4.69, 9.17) is 5.73 Å². The van der Waals surface area contributed by atoms with Crippen molar-refractivity contribution in [2.45, 2.75) is 13.5 Å². The van der Waals surface area contributed by atoms with Crippen LogP contribution < -0.4 is 5.73 Å². The van der Waals surface area contributed by atoms with E-state index < -0.39 is 0 Å². The summed E-state index contributed by atoms with van der Waals surface area (Å²) >= 11 is 1.71. The van der Waals surface area contributed by atoms with E-state index in [9.17, 15) is 0 Å². The Morgan fingerprint density at radius 1 is 1.57 bits per heavy atom. The van der Waals surface area contributed by atoms with Crippen LogP contribution >= 0.6 is 11.3 Å². The Balaban J connectivity index is 2.55. The van der Waals surface area contributed by atoms with Crippen LogP contribution in [0.25, 0.3) is 10.6 Å². The molecule has 0 aliphatic carbocycles. The van der Waals surface area contributed by atoms with Gasteiger partial charge in [0, 0.05) is 12.7 Å². The normalized spacial score (nSPS) is 10.8. The lowest BCUT2D eigenvalue weighted by atomic mass is 10.3. The predicted molar refractivity (Wildman–Crippen MR) is 59.1 cm³/mol. The lowest BCUT2D eigenvalue weighted by Gasteiger charge is -1.98. The van der Waals surface area contributed by atoms with Crippen molar-refractivity contribution in [2.24, 2.45) is 12.8 Å². The highest BCUT2D eigenvalue weighted by atomic mass is 32.1. The maximum atomic E-state index is 5.61. The third-order valence-electron chi connectivity index (χ3n) is 2.41. The first-order chi connectivity index (χ1) is 6.74. The van der Waals surface area contributed by atoms with E-state index >= 15 is 0 Å². The van der Waals surface area contributed by atoms with Crippen LogP contribution in [0.2, 0.25) is 0 Å². The molecule has 2 rings (SSSR count). The molecule has 2 aromatic rings. The fourth-order valence-corrected chi connectivity index (χ4v) is 2.23. The second-order valence-electron chi connectivity index (χ2n) is 3.20. The molecule has 0 saturated carbocycles. The van der Waals surface area contributed by atoms with Gasteiger partial charge in [-0.3, -0.25) is 0 Å². The van der Waals surface area contributed by atoms with E-state index in [-0.39, 0.29) is 0 Å². The van der Waals surface area contributed by atoms with Gasteiger partial charge in [0.25, 0.3) is 0 Å². The van der Waals surface area contributed by atoms with Gasteiger partial charge in [0.1, 0.15) is 11.5 Å². The summed E-state index contributed by atoms with van der Waals surface area (Å²) in [7, 11) is 2.00. The Labute approximate surface area is 87.2 Å². The fraction of sp³-hybridized carbons (Fsp3) is 0.300. The van der Waals surface area contributed by atoms with Crippen molar-refractivity contribution in [1.82, 2.24) is 9.55 Å². The monoisotopic (exact) mass is 207 g/mol. The SMILES string of the molecule is Cc1c(-c2cccs2)nc(CN)n1C. The molecule has 14 heavy (non-hydrogen) atoms. The molecule has 3 nitrogen and oxygen atoms in total. The topological polar surface area (TPSA) is 43.8 Å². The molecule has 2 aromatic heterocycles. The summed E-state index contributed by atoms with van der Waals surface area (Å²) in [5, 5.41) is 2.06.